The van der Waals surface area contributed by atoms with Crippen LogP contribution in [0, 0.1) is 6.92 Å². The zero-order valence-electron chi connectivity index (χ0n) is 18.6. The van der Waals surface area contributed by atoms with Gasteiger partial charge in [0.15, 0.2) is 0 Å². The quantitative estimate of drug-likeness (QED) is 0.438. The van der Waals surface area contributed by atoms with Gasteiger partial charge in [0, 0.05) is 23.7 Å². The SMILES string of the molecule is Cc1noc2nc(C(C)C)cc(C(=O)NC(C)c3ccc(OCc4cccnc4)cc3)c12. The first-order valence-electron chi connectivity index (χ1n) is 10.6. The predicted molar refractivity (Wildman–Crippen MR) is 122 cm³/mol. The van der Waals surface area contributed by atoms with Crippen molar-refractivity contribution in [2.24, 2.45) is 0 Å². The fourth-order valence-corrected chi connectivity index (χ4v) is 3.45. The molecule has 164 valence electrons. The van der Waals surface area contributed by atoms with Crippen molar-refractivity contribution < 1.29 is 14.1 Å². The lowest BCUT2D eigenvalue weighted by Crippen LogP contribution is -2.27. The van der Waals surface area contributed by atoms with Crippen LogP contribution in [0.15, 0.2) is 59.4 Å². The van der Waals surface area contributed by atoms with Crippen LogP contribution in [0.25, 0.3) is 11.1 Å². The third-order valence-electron chi connectivity index (χ3n) is 5.33. The number of amides is 1. The molecule has 1 aromatic carbocycles. The molecule has 0 aliphatic heterocycles. The minimum atomic E-state index is -0.194. The smallest absolute Gasteiger partial charge is 0.259 e. The number of nitrogens with zero attached hydrogens (tertiary/aromatic N) is 3. The van der Waals surface area contributed by atoms with Crippen molar-refractivity contribution in [2.75, 3.05) is 0 Å². The number of benzene rings is 1. The molecule has 1 amide bonds. The van der Waals surface area contributed by atoms with Gasteiger partial charge in [-0.05, 0) is 49.6 Å². The second kappa shape index (κ2) is 9.18. The lowest BCUT2D eigenvalue weighted by Gasteiger charge is -2.16. The standard InChI is InChI=1S/C25H26N4O3/c1-15(2)22-12-21(23-17(4)29-32-25(23)28-22)24(30)27-16(3)19-7-9-20(10-8-19)31-14-18-6-5-11-26-13-18/h5-13,15-16H,14H2,1-4H3,(H,27,30). The van der Waals surface area contributed by atoms with Gasteiger partial charge in [-0.1, -0.05) is 37.2 Å². The Kier molecular flexibility index (Phi) is 6.16. The summed E-state index contributed by atoms with van der Waals surface area (Å²) in [6, 6.07) is 13.2. The Morgan fingerprint density at radius 2 is 1.94 bits per heavy atom. The van der Waals surface area contributed by atoms with E-state index >= 15 is 0 Å². The first kappa shape index (κ1) is 21.5. The molecule has 0 bridgehead atoms. The van der Waals surface area contributed by atoms with Gasteiger partial charge < -0.3 is 14.6 Å². The van der Waals surface area contributed by atoms with Gasteiger partial charge in [0.05, 0.1) is 22.7 Å². The maximum atomic E-state index is 13.2. The third kappa shape index (κ3) is 4.61. The topological polar surface area (TPSA) is 90.1 Å². The molecule has 4 rings (SSSR count). The highest BCUT2D eigenvalue weighted by atomic mass is 16.5. The van der Waals surface area contributed by atoms with Crippen molar-refractivity contribution in [3.63, 3.8) is 0 Å². The molecule has 3 aromatic heterocycles. The monoisotopic (exact) mass is 430 g/mol. The first-order chi connectivity index (χ1) is 15.4. The average molecular weight is 431 g/mol. The van der Waals surface area contributed by atoms with Gasteiger partial charge in [0.2, 0.25) is 0 Å². The van der Waals surface area contributed by atoms with Gasteiger partial charge in [-0.15, -0.1) is 0 Å². The number of hydrogen-bond donors (Lipinski definition) is 1. The average Bonchev–Trinajstić information content (AvgIpc) is 3.18. The summed E-state index contributed by atoms with van der Waals surface area (Å²) in [6.45, 7) is 8.27. The minimum absolute atomic E-state index is 0.160. The van der Waals surface area contributed by atoms with Gasteiger partial charge in [-0.2, -0.15) is 0 Å². The van der Waals surface area contributed by atoms with Crippen LogP contribution in [0.5, 0.6) is 5.75 Å². The van der Waals surface area contributed by atoms with Crippen LogP contribution in [-0.4, -0.2) is 21.0 Å². The summed E-state index contributed by atoms with van der Waals surface area (Å²) in [7, 11) is 0. The van der Waals surface area contributed by atoms with E-state index in [1.807, 2.05) is 70.2 Å². The van der Waals surface area contributed by atoms with Gasteiger partial charge in [-0.3, -0.25) is 9.78 Å². The van der Waals surface area contributed by atoms with Crippen LogP contribution >= 0.6 is 0 Å². The molecule has 0 aliphatic rings. The van der Waals surface area contributed by atoms with E-state index in [0.29, 0.717) is 29.0 Å². The summed E-state index contributed by atoms with van der Waals surface area (Å²) >= 11 is 0. The Hall–Kier alpha value is -3.74. The fraction of sp³-hybridized carbons (Fsp3) is 0.280. The lowest BCUT2D eigenvalue weighted by atomic mass is 10.0. The predicted octanol–water partition coefficient (Wildman–Crippen LogP) is 5.12. The Morgan fingerprint density at radius 1 is 1.16 bits per heavy atom. The van der Waals surface area contributed by atoms with E-state index in [1.54, 1.807) is 12.4 Å². The molecule has 0 radical (unpaired) electrons. The number of aromatic nitrogens is 3. The summed E-state index contributed by atoms with van der Waals surface area (Å²) in [5.74, 6) is 0.733. The third-order valence-corrected chi connectivity index (χ3v) is 5.33. The number of nitrogens with one attached hydrogen (secondary N) is 1. The molecular weight excluding hydrogens is 404 g/mol. The largest absolute Gasteiger partial charge is 0.489 e. The maximum absolute atomic E-state index is 13.2. The number of ether oxygens (including phenoxy) is 1. The number of carbonyl (C=O) groups excluding carboxylic acids is 1. The second-order valence-electron chi connectivity index (χ2n) is 8.11. The number of carbonyl (C=O) groups is 1. The fourth-order valence-electron chi connectivity index (χ4n) is 3.45. The minimum Gasteiger partial charge on any atom is -0.489 e. The zero-order valence-corrected chi connectivity index (χ0v) is 18.6. The summed E-state index contributed by atoms with van der Waals surface area (Å²) in [4.78, 5) is 21.7. The normalized spacial score (nSPS) is 12.2. The van der Waals surface area contributed by atoms with Crippen molar-refractivity contribution in [3.8, 4) is 5.75 Å². The van der Waals surface area contributed by atoms with E-state index in [0.717, 1.165) is 22.6 Å². The highest BCUT2D eigenvalue weighted by Crippen LogP contribution is 2.26. The van der Waals surface area contributed by atoms with Gasteiger partial charge in [-0.25, -0.2) is 4.98 Å². The molecule has 1 atom stereocenters. The Morgan fingerprint density at radius 3 is 2.62 bits per heavy atom. The van der Waals surface area contributed by atoms with Crippen LogP contribution < -0.4 is 10.1 Å². The van der Waals surface area contributed by atoms with Crippen molar-refractivity contribution in [1.82, 2.24) is 20.4 Å². The summed E-state index contributed by atoms with van der Waals surface area (Å²) < 4.78 is 11.1. The molecule has 0 fully saturated rings. The van der Waals surface area contributed by atoms with Crippen LogP contribution in [0.3, 0.4) is 0 Å². The van der Waals surface area contributed by atoms with Crippen molar-refractivity contribution in [2.45, 2.75) is 46.3 Å². The maximum Gasteiger partial charge on any atom is 0.259 e. The van der Waals surface area contributed by atoms with Crippen molar-refractivity contribution in [1.29, 1.82) is 0 Å². The zero-order chi connectivity index (χ0) is 22.7. The van der Waals surface area contributed by atoms with Gasteiger partial charge in [0.1, 0.15) is 12.4 Å². The molecule has 0 saturated carbocycles. The van der Waals surface area contributed by atoms with Crippen LogP contribution in [0.4, 0.5) is 0 Å². The van der Waals surface area contributed by atoms with Crippen LogP contribution in [0.1, 0.15) is 65.6 Å². The summed E-state index contributed by atoms with van der Waals surface area (Å²) in [5.41, 5.74) is 4.34. The lowest BCUT2D eigenvalue weighted by molar-refractivity contribution is 0.0941. The Labute approximate surface area is 186 Å². The summed E-state index contributed by atoms with van der Waals surface area (Å²) in [6.07, 6.45) is 3.52. The molecule has 3 heterocycles. The Balaban J connectivity index is 1.47. The molecule has 7 nitrogen and oxygen atoms in total. The highest BCUT2D eigenvalue weighted by molar-refractivity contribution is 6.06. The van der Waals surface area contributed by atoms with Gasteiger partial charge in [0.25, 0.3) is 11.6 Å². The Bertz CT molecular complexity index is 1220. The number of fused-ring (bicyclic) bond motifs is 1. The molecule has 0 saturated heterocycles. The van der Waals surface area contributed by atoms with Crippen LogP contribution in [-0.2, 0) is 6.61 Å². The molecule has 1 unspecified atom stereocenters. The van der Waals surface area contributed by atoms with E-state index < -0.39 is 0 Å². The van der Waals surface area contributed by atoms with E-state index in [1.165, 1.54) is 0 Å². The van der Waals surface area contributed by atoms with Crippen molar-refractivity contribution >= 4 is 17.0 Å². The van der Waals surface area contributed by atoms with E-state index in [-0.39, 0.29) is 17.9 Å². The number of hydrogen-bond acceptors (Lipinski definition) is 6. The number of rotatable bonds is 7. The number of aryl methyl sites for hydroxylation is 1. The van der Waals surface area contributed by atoms with Gasteiger partial charge >= 0.3 is 0 Å². The molecule has 1 N–H and O–H groups in total. The molecule has 7 heteroatoms. The molecule has 32 heavy (non-hydrogen) atoms. The van der Waals surface area contributed by atoms with Crippen molar-refractivity contribution in [3.05, 3.63) is 82.9 Å². The second-order valence-corrected chi connectivity index (χ2v) is 8.11. The molecule has 0 spiro atoms. The number of pyridine rings is 2. The summed E-state index contributed by atoms with van der Waals surface area (Å²) in [5, 5.41) is 7.72. The highest BCUT2D eigenvalue weighted by Gasteiger charge is 2.21. The van der Waals surface area contributed by atoms with E-state index in [4.69, 9.17) is 9.26 Å². The first-order valence-corrected chi connectivity index (χ1v) is 10.6. The van der Waals surface area contributed by atoms with E-state index in [2.05, 4.69) is 20.4 Å². The molecular formula is C25H26N4O3. The molecule has 4 aromatic rings. The van der Waals surface area contributed by atoms with Crippen LogP contribution in [0.2, 0.25) is 0 Å². The molecule has 0 aliphatic carbocycles. The van der Waals surface area contributed by atoms with E-state index in [9.17, 15) is 4.79 Å².